The van der Waals surface area contributed by atoms with E-state index < -0.39 is 4.92 Å². The highest BCUT2D eigenvalue weighted by atomic mass is 16.6. The quantitative estimate of drug-likeness (QED) is 0.151. The number of nitro groups is 1. The Morgan fingerprint density at radius 2 is 2.35 bits per heavy atom. The lowest BCUT2D eigenvalue weighted by atomic mass is 10.1. The average Bonchev–Trinajstić information content (AvgIpc) is 2.34. The number of non-ortho nitro benzene ring substituents is 1. The number of hydrogen-bond donors (Lipinski definition) is 0. The highest BCUT2D eigenvalue weighted by Gasteiger charge is 2.08. The molecule has 7 nitrogen and oxygen atoms in total. The third-order valence-electron chi connectivity index (χ3n) is 1.81. The van der Waals surface area contributed by atoms with Crippen LogP contribution in [0.15, 0.2) is 23.3 Å². The maximum atomic E-state index is 10.7. The maximum absolute atomic E-state index is 10.7. The number of aldehydes is 1. The zero-order valence-electron chi connectivity index (χ0n) is 8.53. The molecule has 17 heavy (non-hydrogen) atoms. The molecule has 0 aliphatic heterocycles. The van der Waals surface area contributed by atoms with Crippen molar-refractivity contribution in [1.82, 2.24) is 0 Å². The normalized spacial score (nSPS) is 8.47. The summed E-state index contributed by atoms with van der Waals surface area (Å²) in [6.45, 7) is -0.0220. The first-order chi connectivity index (χ1) is 8.19. The summed E-state index contributed by atoms with van der Waals surface area (Å²) in [6, 6.07) is 3.78. The van der Waals surface area contributed by atoms with Crippen LogP contribution in [-0.4, -0.2) is 17.8 Å². The predicted octanol–water partition coefficient (Wildman–Crippen LogP) is 2.07. The third-order valence-corrected chi connectivity index (χ3v) is 1.81. The molecule has 0 unspecified atom stereocenters. The summed E-state index contributed by atoms with van der Waals surface area (Å²) in [4.78, 5) is 23.1. The first kappa shape index (κ1) is 12.2. The molecule has 0 saturated carbocycles. The lowest BCUT2D eigenvalue weighted by Gasteiger charge is -1.96. The van der Waals surface area contributed by atoms with Crippen LogP contribution in [0.2, 0.25) is 0 Å². The van der Waals surface area contributed by atoms with Crippen molar-refractivity contribution in [3.63, 3.8) is 0 Å². The molecule has 0 N–H and O–H groups in total. The van der Waals surface area contributed by atoms with Crippen molar-refractivity contribution in [2.45, 2.75) is 0 Å². The van der Waals surface area contributed by atoms with Crippen LogP contribution in [0.4, 0.5) is 5.69 Å². The Hall–Kier alpha value is -2.84. The van der Waals surface area contributed by atoms with E-state index in [0.717, 1.165) is 6.07 Å². The Balaban J connectivity index is 3.07. The van der Waals surface area contributed by atoms with Crippen LogP contribution in [0, 0.1) is 22.0 Å². The fraction of sp³-hybridized carbons (Fsp3) is 0.100. The van der Waals surface area contributed by atoms with Crippen molar-refractivity contribution in [2.75, 3.05) is 6.54 Å². The molecule has 1 rings (SSSR count). The van der Waals surface area contributed by atoms with Gasteiger partial charge in [0.05, 0.1) is 11.5 Å². The summed E-state index contributed by atoms with van der Waals surface area (Å²) >= 11 is 0. The SMILES string of the molecule is [N-]=[N+]=NCC#Cc1ccc([N+](=O)[O-])cc1C=O. The van der Waals surface area contributed by atoms with Gasteiger partial charge in [0.2, 0.25) is 0 Å². The zero-order valence-corrected chi connectivity index (χ0v) is 8.53. The van der Waals surface area contributed by atoms with Crippen LogP contribution < -0.4 is 0 Å². The van der Waals surface area contributed by atoms with Crippen LogP contribution in [0.1, 0.15) is 15.9 Å². The fourth-order valence-corrected chi connectivity index (χ4v) is 1.08. The molecule has 0 amide bonds. The number of carbonyl (C=O) groups excluding carboxylic acids is 1. The van der Waals surface area contributed by atoms with Crippen molar-refractivity contribution < 1.29 is 9.72 Å². The second kappa shape index (κ2) is 5.90. The Kier molecular flexibility index (Phi) is 4.25. The van der Waals surface area contributed by atoms with Crippen molar-refractivity contribution in [2.24, 2.45) is 5.11 Å². The average molecular weight is 230 g/mol. The summed E-state index contributed by atoms with van der Waals surface area (Å²) in [5, 5.41) is 13.7. The minimum Gasteiger partial charge on any atom is -0.298 e. The van der Waals surface area contributed by atoms with E-state index in [9.17, 15) is 14.9 Å². The van der Waals surface area contributed by atoms with Gasteiger partial charge >= 0.3 is 0 Å². The van der Waals surface area contributed by atoms with Crippen molar-refractivity contribution in [3.8, 4) is 11.8 Å². The van der Waals surface area contributed by atoms with Gasteiger partial charge in [-0.15, -0.1) is 0 Å². The number of hydrogen-bond acceptors (Lipinski definition) is 4. The molecular weight excluding hydrogens is 224 g/mol. The van der Waals surface area contributed by atoms with Gasteiger partial charge in [-0.25, -0.2) is 0 Å². The maximum Gasteiger partial charge on any atom is 0.270 e. The van der Waals surface area contributed by atoms with E-state index in [4.69, 9.17) is 5.53 Å². The van der Waals surface area contributed by atoms with Crippen molar-refractivity contribution in [3.05, 3.63) is 49.9 Å². The topological polar surface area (TPSA) is 109 Å². The van der Waals surface area contributed by atoms with E-state index in [1.807, 2.05) is 0 Å². The van der Waals surface area contributed by atoms with Gasteiger partial charge in [0.1, 0.15) is 0 Å². The second-order valence-electron chi connectivity index (χ2n) is 2.84. The Bertz CT molecular complexity index is 565. The highest BCUT2D eigenvalue weighted by molar-refractivity contribution is 5.80. The predicted molar refractivity (Wildman–Crippen MR) is 59.4 cm³/mol. The molecule has 0 aliphatic carbocycles. The molecule has 0 atom stereocenters. The highest BCUT2D eigenvalue weighted by Crippen LogP contribution is 2.15. The van der Waals surface area contributed by atoms with Gasteiger partial charge in [-0.3, -0.25) is 14.9 Å². The van der Waals surface area contributed by atoms with E-state index >= 15 is 0 Å². The van der Waals surface area contributed by atoms with E-state index in [0.29, 0.717) is 11.8 Å². The van der Waals surface area contributed by atoms with Gasteiger partial charge in [-0.05, 0) is 11.6 Å². The molecule has 0 aliphatic rings. The molecule has 7 heteroatoms. The molecule has 0 bridgehead atoms. The van der Waals surface area contributed by atoms with Gasteiger partial charge in [0.25, 0.3) is 5.69 Å². The summed E-state index contributed by atoms with van der Waals surface area (Å²) in [5.41, 5.74) is 8.34. The third kappa shape index (κ3) is 3.34. The lowest BCUT2D eigenvalue weighted by molar-refractivity contribution is -0.384. The molecule has 0 spiro atoms. The Morgan fingerprint density at radius 1 is 1.59 bits per heavy atom. The van der Waals surface area contributed by atoms with E-state index in [1.54, 1.807) is 0 Å². The molecule has 0 aromatic heterocycles. The summed E-state index contributed by atoms with van der Waals surface area (Å²) < 4.78 is 0. The van der Waals surface area contributed by atoms with E-state index in [2.05, 4.69) is 21.9 Å². The first-order valence-electron chi connectivity index (χ1n) is 4.42. The van der Waals surface area contributed by atoms with Crippen molar-refractivity contribution >= 4 is 12.0 Å². The number of carbonyl (C=O) groups is 1. The van der Waals surface area contributed by atoms with Crippen LogP contribution in [0.3, 0.4) is 0 Å². The Labute approximate surface area is 95.8 Å². The molecule has 0 radical (unpaired) electrons. The number of rotatable bonds is 3. The number of nitrogens with zero attached hydrogens (tertiary/aromatic N) is 4. The van der Waals surface area contributed by atoms with Gasteiger partial charge in [0, 0.05) is 28.2 Å². The molecule has 0 fully saturated rings. The fourth-order valence-electron chi connectivity index (χ4n) is 1.08. The largest absolute Gasteiger partial charge is 0.298 e. The van der Waals surface area contributed by atoms with E-state index in [1.165, 1.54) is 12.1 Å². The second-order valence-corrected chi connectivity index (χ2v) is 2.84. The molecule has 1 aromatic rings. The van der Waals surface area contributed by atoms with Crippen LogP contribution in [0.25, 0.3) is 10.4 Å². The summed E-state index contributed by atoms with van der Waals surface area (Å²) in [7, 11) is 0. The Morgan fingerprint density at radius 3 is 2.94 bits per heavy atom. The minimum atomic E-state index is -0.593. The van der Waals surface area contributed by atoms with Crippen LogP contribution in [0.5, 0.6) is 0 Å². The van der Waals surface area contributed by atoms with Crippen molar-refractivity contribution in [1.29, 1.82) is 0 Å². The zero-order chi connectivity index (χ0) is 12.7. The standard InChI is InChI=1S/C10H6N4O3/c11-13-12-5-1-2-8-3-4-10(14(16)17)6-9(8)7-15/h3-4,6-7H,5H2. The molecule has 0 saturated heterocycles. The first-order valence-corrected chi connectivity index (χ1v) is 4.42. The van der Waals surface area contributed by atoms with Crippen LogP contribution >= 0.6 is 0 Å². The van der Waals surface area contributed by atoms with Gasteiger partial charge in [-0.2, -0.15) is 0 Å². The molecule has 84 valence electrons. The van der Waals surface area contributed by atoms with Crippen LogP contribution in [-0.2, 0) is 0 Å². The monoisotopic (exact) mass is 230 g/mol. The van der Waals surface area contributed by atoms with E-state index in [-0.39, 0.29) is 17.8 Å². The molecule has 0 heterocycles. The number of benzene rings is 1. The number of azide groups is 1. The van der Waals surface area contributed by atoms with Gasteiger partial charge in [-0.1, -0.05) is 17.0 Å². The summed E-state index contributed by atoms with van der Waals surface area (Å²) in [5.74, 6) is 5.12. The van der Waals surface area contributed by atoms with Gasteiger partial charge in [0.15, 0.2) is 6.29 Å². The molecular formula is C10H6N4O3. The summed E-state index contributed by atoms with van der Waals surface area (Å²) in [6.07, 6.45) is 0.491. The smallest absolute Gasteiger partial charge is 0.270 e. The lowest BCUT2D eigenvalue weighted by Crippen LogP contribution is -1.93. The van der Waals surface area contributed by atoms with Gasteiger partial charge < -0.3 is 0 Å². The molecule has 1 aromatic carbocycles. The number of nitro benzene ring substituents is 1. The minimum absolute atomic E-state index is 0.0220.